The number of amides is 2. The van der Waals surface area contributed by atoms with E-state index in [0.29, 0.717) is 13.2 Å². The predicted molar refractivity (Wildman–Crippen MR) is 105 cm³/mol. The summed E-state index contributed by atoms with van der Waals surface area (Å²) in [5.41, 5.74) is 0.985. The molecule has 0 radical (unpaired) electrons. The van der Waals surface area contributed by atoms with Gasteiger partial charge in [-0.15, -0.1) is 0 Å². The molecule has 1 saturated heterocycles. The van der Waals surface area contributed by atoms with E-state index in [1.165, 1.54) is 0 Å². The van der Waals surface area contributed by atoms with Crippen molar-refractivity contribution in [3.63, 3.8) is 0 Å². The van der Waals surface area contributed by atoms with Crippen molar-refractivity contribution in [2.24, 2.45) is 0 Å². The van der Waals surface area contributed by atoms with Crippen LogP contribution in [-0.4, -0.2) is 41.7 Å². The van der Waals surface area contributed by atoms with Crippen LogP contribution in [0, 0.1) is 11.6 Å². The molecule has 0 aliphatic carbocycles. The third kappa shape index (κ3) is 5.87. The van der Waals surface area contributed by atoms with Gasteiger partial charge in [0.25, 0.3) is 0 Å². The minimum Gasteiger partial charge on any atom is -0.494 e. The van der Waals surface area contributed by atoms with Gasteiger partial charge in [-0.25, -0.2) is 13.6 Å². The van der Waals surface area contributed by atoms with Crippen molar-refractivity contribution in [2.45, 2.75) is 38.9 Å². The molecule has 2 N–H and O–H groups in total. The largest absolute Gasteiger partial charge is 0.494 e. The number of hydrogen-bond donors (Lipinski definition) is 2. The average Bonchev–Trinajstić information content (AvgIpc) is 2.73. The molecule has 0 unspecified atom stereocenters. The summed E-state index contributed by atoms with van der Waals surface area (Å²) in [5, 5.41) is 6.16. The number of aromatic nitrogens is 1. The Morgan fingerprint density at radius 3 is 2.66 bits per heavy atom. The van der Waals surface area contributed by atoms with Crippen LogP contribution in [0.4, 0.5) is 13.6 Å². The zero-order valence-electron chi connectivity index (χ0n) is 16.5. The summed E-state index contributed by atoms with van der Waals surface area (Å²) >= 11 is 0. The number of urea groups is 1. The second-order valence-electron chi connectivity index (χ2n) is 6.93. The summed E-state index contributed by atoms with van der Waals surface area (Å²) < 4.78 is 32.7. The van der Waals surface area contributed by atoms with Gasteiger partial charge in [-0.05, 0) is 50.6 Å². The highest BCUT2D eigenvalue weighted by Gasteiger charge is 2.26. The zero-order valence-corrected chi connectivity index (χ0v) is 16.5. The van der Waals surface area contributed by atoms with Gasteiger partial charge in [-0.3, -0.25) is 4.98 Å². The van der Waals surface area contributed by atoms with Crippen molar-refractivity contribution in [3.8, 4) is 5.75 Å². The van der Waals surface area contributed by atoms with Crippen molar-refractivity contribution in [2.75, 3.05) is 19.7 Å². The van der Waals surface area contributed by atoms with Crippen LogP contribution in [0.3, 0.4) is 0 Å². The molecule has 1 fully saturated rings. The molecule has 1 aromatic carbocycles. The highest BCUT2D eigenvalue weighted by Crippen LogP contribution is 2.18. The lowest BCUT2D eigenvalue weighted by molar-refractivity contribution is 0.152. The van der Waals surface area contributed by atoms with Crippen LogP contribution in [0.25, 0.3) is 0 Å². The summed E-state index contributed by atoms with van der Waals surface area (Å²) in [6.45, 7) is 4.41. The van der Waals surface area contributed by atoms with Crippen LogP contribution >= 0.6 is 0 Å². The van der Waals surface area contributed by atoms with Crippen LogP contribution in [0.5, 0.6) is 5.75 Å². The second kappa shape index (κ2) is 10.2. The monoisotopic (exact) mass is 404 g/mol. The van der Waals surface area contributed by atoms with E-state index in [9.17, 15) is 13.6 Å². The Morgan fingerprint density at radius 2 is 2.00 bits per heavy atom. The first kappa shape index (κ1) is 21.0. The van der Waals surface area contributed by atoms with Crippen LogP contribution in [0.1, 0.15) is 31.0 Å². The van der Waals surface area contributed by atoms with Gasteiger partial charge in [0.1, 0.15) is 17.4 Å². The summed E-state index contributed by atoms with van der Waals surface area (Å²) in [5.74, 6) is -0.709. The Kier molecular flexibility index (Phi) is 7.35. The van der Waals surface area contributed by atoms with Gasteiger partial charge < -0.3 is 20.3 Å². The van der Waals surface area contributed by atoms with Crippen LogP contribution < -0.4 is 15.4 Å². The van der Waals surface area contributed by atoms with E-state index < -0.39 is 11.6 Å². The van der Waals surface area contributed by atoms with Crippen LogP contribution in [-0.2, 0) is 13.1 Å². The van der Waals surface area contributed by atoms with E-state index in [1.54, 1.807) is 4.90 Å². The Hall–Kier alpha value is -2.74. The maximum Gasteiger partial charge on any atom is 0.318 e. The summed E-state index contributed by atoms with van der Waals surface area (Å²) in [6, 6.07) is 7.95. The lowest BCUT2D eigenvalue weighted by Crippen LogP contribution is -2.49. The number of rotatable bonds is 7. The summed E-state index contributed by atoms with van der Waals surface area (Å²) in [4.78, 5) is 18.3. The van der Waals surface area contributed by atoms with Gasteiger partial charge in [0, 0.05) is 18.7 Å². The standard InChI is InChI=1S/C21H26F2N4O2/c1-2-29-18-5-3-15(4-6-18)12-26-21(28)27(17-7-9-24-10-8-17)14-20-19(23)11-16(22)13-25-20/h3-6,11,13,17,24H,2,7-10,12,14H2,1H3,(H,26,28). The van der Waals surface area contributed by atoms with Crippen molar-refractivity contribution in [1.29, 1.82) is 0 Å². The molecule has 0 saturated carbocycles. The Morgan fingerprint density at radius 1 is 1.28 bits per heavy atom. The van der Waals surface area contributed by atoms with E-state index in [-0.39, 0.29) is 24.3 Å². The summed E-state index contributed by atoms with van der Waals surface area (Å²) in [6.07, 6.45) is 2.50. The second-order valence-corrected chi connectivity index (χ2v) is 6.93. The van der Waals surface area contributed by atoms with Gasteiger partial charge in [0.05, 0.1) is 25.0 Å². The molecule has 1 aliphatic rings. The minimum atomic E-state index is -0.747. The highest BCUT2D eigenvalue weighted by atomic mass is 19.1. The number of halogens is 2. The Labute approximate surface area is 169 Å². The van der Waals surface area contributed by atoms with Gasteiger partial charge in [-0.1, -0.05) is 12.1 Å². The molecule has 2 amide bonds. The lowest BCUT2D eigenvalue weighted by atomic mass is 10.0. The molecule has 3 rings (SSSR count). The highest BCUT2D eigenvalue weighted by molar-refractivity contribution is 5.74. The molecule has 8 heteroatoms. The Balaban J connectivity index is 1.68. The van der Waals surface area contributed by atoms with E-state index in [0.717, 1.165) is 49.5 Å². The molecule has 0 spiro atoms. The lowest BCUT2D eigenvalue weighted by Gasteiger charge is -2.34. The molecule has 156 valence electrons. The van der Waals surface area contributed by atoms with E-state index in [2.05, 4.69) is 15.6 Å². The van der Waals surface area contributed by atoms with E-state index in [1.807, 2.05) is 31.2 Å². The number of benzene rings is 1. The van der Waals surface area contributed by atoms with Crippen LogP contribution in [0.2, 0.25) is 0 Å². The minimum absolute atomic E-state index is 0.00804. The number of carbonyl (C=O) groups is 1. The number of nitrogens with one attached hydrogen (secondary N) is 2. The van der Waals surface area contributed by atoms with Crippen molar-refractivity contribution in [1.82, 2.24) is 20.5 Å². The van der Waals surface area contributed by atoms with Gasteiger partial charge >= 0.3 is 6.03 Å². The number of pyridine rings is 1. The van der Waals surface area contributed by atoms with E-state index in [4.69, 9.17) is 4.74 Å². The third-order valence-electron chi connectivity index (χ3n) is 4.89. The molecule has 6 nitrogen and oxygen atoms in total. The fraction of sp³-hybridized carbons (Fsp3) is 0.429. The smallest absolute Gasteiger partial charge is 0.318 e. The van der Waals surface area contributed by atoms with Gasteiger partial charge in [0.15, 0.2) is 0 Å². The number of piperidine rings is 1. The zero-order chi connectivity index (χ0) is 20.6. The maximum absolute atomic E-state index is 14.1. The number of nitrogens with zero attached hydrogens (tertiary/aromatic N) is 2. The van der Waals surface area contributed by atoms with Crippen molar-refractivity contribution in [3.05, 3.63) is 59.4 Å². The number of carbonyl (C=O) groups excluding carboxylic acids is 1. The topological polar surface area (TPSA) is 66.5 Å². The molecule has 0 atom stereocenters. The predicted octanol–water partition coefficient (Wildman–Crippen LogP) is 3.22. The Bertz CT molecular complexity index is 811. The molecule has 29 heavy (non-hydrogen) atoms. The van der Waals surface area contributed by atoms with Crippen molar-refractivity contribution >= 4 is 6.03 Å². The maximum atomic E-state index is 14.1. The van der Waals surface area contributed by atoms with Crippen molar-refractivity contribution < 1.29 is 18.3 Å². The average molecular weight is 404 g/mol. The molecule has 1 aromatic heterocycles. The third-order valence-corrected chi connectivity index (χ3v) is 4.89. The summed E-state index contributed by atoms with van der Waals surface area (Å²) in [7, 11) is 0. The van der Waals surface area contributed by atoms with Gasteiger partial charge in [0.2, 0.25) is 0 Å². The number of hydrogen-bond acceptors (Lipinski definition) is 4. The molecule has 0 bridgehead atoms. The van der Waals surface area contributed by atoms with Crippen LogP contribution in [0.15, 0.2) is 36.5 Å². The first-order valence-corrected chi connectivity index (χ1v) is 9.83. The molecular weight excluding hydrogens is 378 g/mol. The molecule has 1 aliphatic heterocycles. The first-order chi connectivity index (χ1) is 14.1. The fourth-order valence-electron chi connectivity index (χ4n) is 3.36. The quantitative estimate of drug-likeness (QED) is 0.744. The number of ether oxygens (including phenoxy) is 1. The van der Waals surface area contributed by atoms with E-state index >= 15 is 0 Å². The molecule has 2 aromatic rings. The first-order valence-electron chi connectivity index (χ1n) is 9.83. The molecule has 2 heterocycles. The normalized spacial score (nSPS) is 14.4. The van der Waals surface area contributed by atoms with Gasteiger partial charge in [-0.2, -0.15) is 0 Å². The molecular formula is C21H26F2N4O2. The SMILES string of the molecule is CCOc1ccc(CNC(=O)N(Cc2ncc(F)cc2F)C2CCNCC2)cc1. The fourth-order valence-corrected chi connectivity index (χ4v) is 3.36.